The Morgan fingerprint density at radius 2 is 1.70 bits per heavy atom. The lowest BCUT2D eigenvalue weighted by Crippen LogP contribution is -2.26. The predicted octanol–water partition coefficient (Wildman–Crippen LogP) is 3.68. The highest BCUT2D eigenvalue weighted by Gasteiger charge is 2.07. The molecule has 0 aliphatic rings. The maximum absolute atomic E-state index is 11.7. The highest BCUT2D eigenvalue weighted by molar-refractivity contribution is 5.98. The van der Waals surface area contributed by atoms with Crippen LogP contribution in [0.5, 0.6) is 0 Å². The Labute approximate surface area is 134 Å². The normalized spacial score (nSPS) is 10.3. The predicted molar refractivity (Wildman–Crippen MR) is 91.7 cm³/mol. The Hall–Kier alpha value is -3.21. The Morgan fingerprint density at radius 3 is 2.52 bits per heavy atom. The molecule has 0 aromatic heterocycles. The number of amides is 1. The first-order chi connectivity index (χ1) is 11.2. The molecule has 0 heterocycles. The first kappa shape index (κ1) is 14.7. The van der Waals surface area contributed by atoms with E-state index in [0.717, 1.165) is 16.3 Å². The van der Waals surface area contributed by atoms with Crippen molar-refractivity contribution in [2.24, 2.45) is 0 Å². The topological polar surface area (TPSA) is 76.4 Å². The van der Waals surface area contributed by atoms with Crippen LogP contribution in [0, 0.1) is 0 Å². The van der Waals surface area contributed by atoms with Gasteiger partial charge in [-0.25, -0.2) is 10.3 Å². The maximum Gasteiger partial charge on any atom is 0.431 e. The summed E-state index contributed by atoms with van der Waals surface area (Å²) in [7, 11) is 0. The van der Waals surface area contributed by atoms with Crippen LogP contribution in [0.3, 0.4) is 0 Å². The summed E-state index contributed by atoms with van der Waals surface area (Å²) < 4.78 is 0. The summed E-state index contributed by atoms with van der Waals surface area (Å²) in [6, 6.07) is 21.1. The van der Waals surface area contributed by atoms with E-state index in [9.17, 15) is 4.79 Å². The van der Waals surface area contributed by atoms with Gasteiger partial charge in [0, 0.05) is 11.9 Å². The minimum Gasteiger partial charge on any atom is -0.396 e. The van der Waals surface area contributed by atoms with E-state index >= 15 is 0 Å². The van der Waals surface area contributed by atoms with Gasteiger partial charge in [-0.15, -0.1) is 0 Å². The SMILES string of the molecule is Nc1c(NOC(=O)NCc2ccccc2)ccc2ccccc12. The number of carbonyl (C=O) groups is 1. The molecule has 3 rings (SSSR count). The third-order valence-electron chi connectivity index (χ3n) is 3.50. The van der Waals surface area contributed by atoms with Crippen molar-refractivity contribution < 1.29 is 9.63 Å². The van der Waals surface area contributed by atoms with Crippen molar-refractivity contribution >= 4 is 28.2 Å². The molecule has 0 spiro atoms. The largest absolute Gasteiger partial charge is 0.431 e. The number of hydrogen-bond acceptors (Lipinski definition) is 4. The zero-order valence-electron chi connectivity index (χ0n) is 12.5. The third-order valence-corrected chi connectivity index (χ3v) is 3.50. The van der Waals surface area contributed by atoms with E-state index in [-0.39, 0.29) is 0 Å². The second kappa shape index (κ2) is 6.70. The van der Waals surface area contributed by atoms with Gasteiger partial charge >= 0.3 is 6.09 Å². The van der Waals surface area contributed by atoms with Crippen molar-refractivity contribution in [3.8, 4) is 0 Å². The average Bonchev–Trinajstić information content (AvgIpc) is 2.60. The van der Waals surface area contributed by atoms with E-state index in [2.05, 4.69) is 10.8 Å². The Morgan fingerprint density at radius 1 is 0.957 bits per heavy atom. The molecule has 0 unspecified atom stereocenters. The van der Waals surface area contributed by atoms with Crippen LogP contribution in [0.15, 0.2) is 66.7 Å². The summed E-state index contributed by atoms with van der Waals surface area (Å²) in [6.07, 6.45) is -0.568. The number of nitrogen functional groups attached to an aromatic ring is 1. The molecule has 0 radical (unpaired) electrons. The molecule has 0 saturated heterocycles. The molecular formula is C18H17N3O2. The van der Waals surface area contributed by atoms with Crippen molar-refractivity contribution in [2.75, 3.05) is 11.2 Å². The number of anilines is 2. The summed E-state index contributed by atoms with van der Waals surface area (Å²) in [5.41, 5.74) is 10.8. The molecule has 0 atom stereocenters. The molecule has 0 fully saturated rings. The minimum absolute atomic E-state index is 0.397. The van der Waals surface area contributed by atoms with Gasteiger partial charge < -0.3 is 15.9 Å². The molecule has 3 aromatic rings. The summed E-state index contributed by atoms with van der Waals surface area (Å²) in [4.78, 5) is 16.7. The van der Waals surface area contributed by atoms with Crippen LogP contribution in [0.25, 0.3) is 10.8 Å². The Balaban J connectivity index is 1.60. The number of carbonyl (C=O) groups excluding carboxylic acids is 1. The molecule has 5 nitrogen and oxygen atoms in total. The first-order valence-corrected chi connectivity index (χ1v) is 7.26. The third kappa shape index (κ3) is 3.52. The number of rotatable bonds is 4. The minimum atomic E-state index is -0.568. The molecule has 0 aliphatic carbocycles. The van der Waals surface area contributed by atoms with Gasteiger partial charge in [-0.1, -0.05) is 60.7 Å². The molecule has 116 valence electrons. The van der Waals surface area contributed by atoms with Crippen molar-refractivity contribution in [3.63, 3.8) is 0 Å². The van der Waals surface area contributed by atoms with Gasteiger partial charge in [0.1, 0.15) is 0 Å². The van der Waals surface area contributed by atoms with Crippen LogP contribution in [0.1, 0.15) is 5.56 Å². The van der Waals surface area contributed by atoms with Crippen LogP contribution in [-0.2, 0) is 11.4 Å². The molecule has 0 saturated carbocycles. The van der Waals surface area contributed by atoms with Crippen molar-refractivity contribution in [2.45, 2.75) is 6.54 Å². The molecule has 23 heavy (non-hydrogen) atoms. The molecule has 1 amide bonds. The summed E-state index contributed by atoms with van der Waals surface area (Å²) in [5.74, 6) is 0. The molecule has 4 N–H and O–H groups in total. The maximum atomic E-state index is 11.7. The number of nitrogens with one attached hydrogen (secondary N) is 2. The van der Waals surface area contributed by atoms with E-state index in [1.165, 1.54) is 0 Å². The molecule has 3 aromatic carbocycles. The van der Waals surface area contributed by atoms with Gasteiger partial charge in [0.15, 0.2) is 0 Å². The fourth-order valence-corrected chi connectivity index (χ4v) is 2.29. The van der Waals surface area contributed by atoms with E-state index in [1.807, 2.05) is 60.7 Å². The molecular weight excluding hydrogens is 290 g/mol. The van der Waals surface area contributed by atoms with E-state index in [4.69, 9.17) is 10.6 Å². The number of benzene rings is 3. The number of fused-ring (bicyclic) bond motifs is 1. The van der Waals surface area contributed by atoms with Crippen LogP contribution >= 0.6 is 0 Å². The first-order valence-electron chi connectivity index (χ1n) is 7.26. The lowest BCUT2D eigenvalue weighted by molar-refractivity contribution is 0.169. The van der Waals surface area contributed by atoms with Gasteiger partial charge in [0.25, 0.3) is 0 Å². The van der Waals surface area contributed by atoms with Gasteiger partial charge in [-0.2, -0.15) is 0 Å². The van der Waals surface area contributed by atoms with E-state index < -0.39 is 6.09 Å². The molecule has 0 aliphatic heterocycles. The van der Waals surface area contributed by atoms with E-state index in [0.29, 0.717) is 17.9 Å². The standard InChI is InChI=1S/C18H17N3O2/c19-17-15-9-5-4-8-14(15)10-11-16(17)21-23-18(22)20-12-13-6-2-1-3-7-13/h1-11,21H,12,19H2,(H,20,22). The summed E-state index contributed by atoms with van der Waals surface area (Å²) in [5, 5.41) is 4.60. The second-order valence-corrected chi connectivity index (χ2v) is 5.08. The smallest absolute Gasteiger partial charge is 0.396 e. The van der Waals surface area contributed by atoms with Crippen LogP contribution < -0.4 is 16.5 Å². The number of nitrogens with two attached hydrogens (primary N) is 1. The fourth-order valence-electron chi connectivity index (χ4n) is 2.29. The van der Waals surface area contributed by atoms with Crippen molar-refractivity contribution in [1.29, 1.82) is 0 Å². The lowest BCUT2D eigenvalue weighted by Gasteiger charge is -2.12. The summed E-state index contributed by atoms with van der Waals surface area (Å²) in [6.45, 7) is 0.397. The zero-order valence-corrected chi connectivity index (χ0v) is 12.5. The van der Waals surface area contributed by atoms with Crippen LogP contribution in [0.4, 0.5) is 16.2 Å². The Kier molecular flexibility index (Phi) is 4.29. The average molecular weight is 307 g/mol. The van der Waals surface area contributed by atoms with Crippen LogP contribution in [0.2, 0.25) is 0 Å². The molecule has 5 heteroatoms. The van der Waals surface area contributed by atoms with Gasteiger partial charge in [-0.3, -0.25) is 0 Å². The Bertz CT molecular complexity index is 819. The van der Waals surface area contributed by atoms with Gasteiger partial charge in [0.2, 0.25) is 0 Å². The lowest BCUT2D eigenvalue weighted by atomic mass is 10.1. The second-order valence-electron chi connectivity index (χ2n) is 5.08. The van der Waals surface area contributed by atoms with Crippen molar-refractivity contribution in [1.82, 2.24) is 5.32 Å². The highest BCUT2D eigenvalue weighted by Crippen LogP contribution is 2.28. The monoisotopic (exact) mass is 307 g/mol. The summed E-state index contributed by atoms with van der Waals surface area (Å²) >= 11 is 0. The number of hydrogen-bond donors (Lipinski definition) is 3. The quantitative estimate of drug-likeness (QED) is 0.507. The highest BCUT2D eigenvalue weighted by atomic mass is 16.7. The zero-order chi connectivity index (χ0) is 16.1. The van der Waals surface area contributed by atoms with Crippen LogP contribution in [-0.4, -0.2) is 6.09 Å². The fraction of sp³-hybridized carbons (Fsp3) is 0.0556. The van der Waals surface area contributed by atoms with Gasteiger partial charge in [0.05, 0.1) is 11.4 Å². The van der Waals surface area contributed by atoms with E-state index in [1.54, 1.807) is 6.07 Å². The molecule has 0 bridgehead atoms. The van der Waals surface area contributed by atoms with Crippen molar-refractivity contribution in [3.05, 3.63) is 72.3 Å². The van der Waals surface area contributed by atoms with Gasteiger partial charge in [-0.05, 0) is 17.0 Å².